The molecule has 0 saturated heterocycles. The van der Waals surface area contributed by atoms with Gasteiger partial charge in [-0.3, -0.25) is 4.99 Å². The van der Waals surface area contributed by atoms with E-state index < -0.39 is 11.6 Å². The van der Waals surface area contributed by atoms with Crippen LogP contribution in [0.2, 0.25) is 0 Å². The Hall–Kier alpha value is -2.92. The monoisotopic (exact) mass is 400 g/mol. The molecule has 1 aromatic heterocycles. The molecule has 3 rings (SSSR count). The SMILES string of the molecule is C#CCOc1cnc(/C(F)=C/c2ccc(F)c(C3CC(C)SC(N)=N3)c2)cn1. The van der Waals surface area contributed by atoms with Crippen molar-refractivity contribution in [1.29, 1.82) is 0 Å². The molecule has 5 nitrogen and oxygen atoms in total. The average molecular weight is 400 g/mol. The van der Waals surface area contributed by atoms with Gasteiger partial charge in [0.15, 0.2) is 17.6 Å². The summed E-state index contributed by atoms with van der Waals surface area (Å²) in [6.45, 7) is 2.06. The van der Waals surface area contributed by atoms with Crippen molar-refractivity contribution in [2.75, 3.05) is 6.61 Å². The van der Waals surface area contributed by atoms with Gasteiger partial charge in [0.2, 0.25) is 5.88 Å². The van der Waals surface area contributed by atoms with Crippen LogP contribution in [0.4, 0.5) is 8.78 Å². The number of halogens is 2. The Balaban J connectivity index is 1.84. The van der Waals surface area contributed by atoms with Crippen LogP contribution in [0, 0.1) is 18.2 Å². The van der Waals surface area contributed by atoms with Crippen LogP contribution in [0.1, 0.15) is 36.2 Å². The van der Waals surface area contributed by atoms with Crippen LogP contribution in [-0.2, 0) is 0 Å². The van der Waals surface area contributed by atoms with Gasteiger partial charge in [0, 0.05) is 10.8 Å². The lowest BCUT2D eigenvalue weighted by Crippen LogP contribution is -2.21. The number of aromatic nitrogens is 2. The van der Waals surface area contributed by atoms with Crippen LogP contribution < -0.4 is 10.5 Å². The van der Waals surface area contributed by atoms with Gasteiger partial charge in [-0.15, -0.1) is 6.42 Å². The smallest absolute Gasteiger partial charge is 0.233 e. The van der Waals surface area contributed by atoms with E-state index in [1.807, 2.05) is 6.92 Å². The van der Waals surface area contributed by atoms with E-state index in [-0.39, 0.29) is 29.5 Å². The van der Waals surface area contributed by atoms with E-state index in [1.165, 1.54) is 42.4 Å². The van der Waals surface area contributed by atoms with Gasteiger partial charge in [0.05, 0.1) is 18.4 Å². The molecule has 2 unspecified atom stereocenters. The number of benzene rings is 1. The summed E-state index contributed by atoms with van der Waals surface area (Å²) >= 11 is 1.46. The normalized spacial score (nSPS) is 19.6. The number of hydrogen-bond acceptors (Lipinski definition) is 6. The predicted molar refractivity (Wildman–Crippen MR) is 108 cm³/mol. The summed E-state index contributed by atoms with van der Waals surface area (Å²) < 4.78 is 34.0. The second-order valence-corrected chi connectivity index (χ2v) is 7.61. The van der Waals surface area contributed by atoms with E-state index in [2.05, 4.69) is 20.9 Å². The molecule has 2 atom stereocenters. The second-order valence-electron chi connectivity index (χ2n) is 6.15. The van der Waals surface area contributed by atoms with Gasteiger partial charge in [-0.05, 0) is 30.2 Å². The molecule has 8 heteroatoms. The number of nitrogens with zero attached hydrogens (tertiary/aromatic N) is 3. The summed E-state index contributed by atoms with van der Waals surface area (Å²) in [5.74, 6) is 1.51. The molecule has 2 aromatic rings. The van der Waals surface area contributed by atoms with E-state index in [4.69, 9.17) is 16.9 Å². The average Bonchev–Trinajstić information content (AvgIpc) is 2.67. The number of thioether (sulfide) groups is 1. The fourth-order valence-electron chi connectivity index (χ4n) is 2.76. The zero-order valence-corrected chi connectivity index (χ0v) is 15.9. The minimum absolute atomic E-state index is 0.0314. The minimum Gasteiger partial charge on any atom is -0.463 e. The van der Waals surface area contributed by atoms with Gasteiger partial charge in [-0.2, -0.15) is 0 Å². The maximum Gasteiger partial charge on any atom is 0.233 e. The number of aliphatic imine (C=N–C) groups is 1. The highest BCUT2D eigenvalue weighted by molar-refractivity contribution is 8.14. The zero-order chi connectivity index (χ0) is 20.1. The van der Waals surface area contributed by atoms with Crippen molar-refractivity contribution in [2.24, 2.45) is 10.7 Å². The predicted octanol–water partition coefficient (Wildman–Crippen LogP) is 3.98. The lowest BCUT2D eigenvalue weighted by Gasteiger charge is -2.23. The van der Waals surface area contributed by atoms with Crippen molar-refractivity contribution in [3.63, 3.8) is 0 Å². The van der Waals surface area contributed by atoms with Crippen molar-refractivity contribution in [3.8, 4) is 18.2 Å². The van der Waals surface area contributed by atoms with Crippen molar-refractivity contribution in [1.82, 2.24) is 9.97 Å². The number of hydrogen-bond donors (Lipinski definition) is 1. The fourth-order valence-corrected chi connectivity index (χ4v) is 3.64. The number of nitrogens with two attached hydrogens (primary N) is 1. The summed E-state index contributed by atoms with van der Waals surface area (Å²) in [4.78, 5) is 12.2. The molecule has 144 valence electrons. The van der Waals surface area contributed by atoms with E-state index >= 15 is 0 Å². The van der Waals surface area contributed by atoms with Crippen molar-refractivity contribution in [3.05, 3.63) is 53.2 Å². The molecule has 1 aromatic carbocycles. The summed E-state index contributed by atoms with van der Waals surface area (Å²) in [6, 6.07) is 3.98. The Morgan fingerprint density at radius 1 is 1.43 bits per heavy atom. The summed E-state index contributed by atoms with van der Waals surface area (Å²) in [7, 11) is 0. The highest BCUT2D eigenvalue weighted by Crippen LogP contribution is 2.35. The summed E-state index contributed by atoms with van der Waals surface area (Å²) in [5, 5.41) is 0.654. The first kappa shape index (κ1) is 19.8. The molecule has 28 heavy (non-hydrogen) atoms. The van der Waals surface area contributed by atoms with Gasteiger partial charge in [-0.25, -0.2) is 18.7 Å². The molecule has 1 aliphatic rings. The van der Waals surface area contributed by atoms with Gasteiger partial charge in [0.25, 0.3) is 0 Å². The number of ether oxygens (including phenoxy) is 1. The number of amidine groups is 1. The van der Waals surface area contributed by atoms with Crippen LogP contribution >= 0.6 is 11.8 Å². The molecule has 0 spiro atoms. The highest BCUT2D eigenvalue weighted by atomic mass is 32.2. The topological polar surface area (TPSA) is 73.4 Å². The molecule has 1 aliphatic heterocycles. The zero-order valence-electron chi connectivity index (χ0n) is 15.1. The maximum atomic E-state index is 14.5. The van der Waals surface area contributed by atoms with Crippen LogP contribution in [0.5, 0.6) is 5.88 Å². The number of terminal acetylenes is 1. The first-order valence-corrected chi connectivity index (χ1v) is 9.39. The third-order valence-electron chi connectivity index (χ3n) is 4.01. The molecule has 0 bridgehead atoms. The molecular weight excluding hydrogens is 382 g/mol. The van der Waals surface area contributed by atoms with Gasteiger partial charge in [-0.1, -0.05) is 30.7 Å². The molecule has 0 amide bonds. The minimum atomic E-state index is -0.607. The molecular formula is C20H18F2N4OS. The molecule has 2 N–H and O–H groups in total. The highest BCUT2D eigenvalue weighted by Gasteiger charge is 2.24. The Morgan fingerprint density at radius 3 is 2.93 bits per heavy atom. The lowest BCUT2D eigenvalue weighted by atomic mass is 9.99. The molecule has 0 radical (unpaired) electrons. The van der Waals surface area contributed by atoms with Crippen LogP contribution in [0.15, 0.2) is 35.6 Å². The van der Waals surface area contributed by atoms with Crippen molar-refractivity contribution >= 4 is 28.8 Å². The maximum absolute atomic E-state index is 14.5. The van der Waals surface area contributed by atoms with Crippen molar-refractivity contribution < 1.29 is 13.5 Å². The lowest BCUT2D eigenvalue weighted by molar-refractivity contribution is 0.353. The standard InChI is InChI=1S/C20H18F2N4OS/c1-3-6-27-19-11-24-18(10-25-19)16(22)9-13-4-5-15(21)14(8-13)17-7-12(2)28-20(23)26-17/h1,4-5,8-12,17H,6-7H2,2H3,(H2,23,26)/b16-9-. The van der Waals surface area contributed by atoms with E-state index in [1.54, 1.807) is 6.07 Å². The molecule has 0 fully saturated rings. The third kappa shape index (κ3) is 4.87. The van der Waals surface area contributed by atoms with Crippen LogP contribution in [-0.4, -0.2) is 27.0 Å². The summed E-state index contributed by atoms with van der Waals surface area (Å²) in [6.07, 6.45) is 9.55. The quantitative estimate of drug-likeness (QED) is 0.769. The van der Waals surface area contributed by atoms with E-state index in [0.29, 0.717) is 22.7 Å². The van der Waals surface area contributed by atoms with Crippen LogP contribution in [0.3, 0.4) is 0 Å². The Labute approximate surface area is 166 Å². The van der Waals surface area contributed by atoms with Gasteiger partial charge >= 0.3 is 0 Å². The van der Waals surface area contributed by atoms with Crippen LogP contribution in [0.25, 0.3) is 11.9 Å². The first-order chi connectivity index (χ1) is 13.5. The molecule has 2 heterocycles. The number of rotatable bonds is 5. The molecule has 0 saturated carbocycles. The third-order valence-corrected chi connectivity index (χ3v) is 4.95. The van der Waals surface area contributed by atoms with E-state index in [0.717, 1.165) is 0 Å². The largest absolute Gasteiger partial charge is 0.463 e. The first-order valence-electron chi connectivity index (χ1n) is 8.51. The van der Waals surface area contributed by atoms with Crippen molar-refractivity contribution in [2.45, 2.75) is 24.6 Å². The summed E-state index contributed by atoms with van der Waals surface area (Å²) in [5.41, 5.74) is 6.73. The molecule has 0 aliphatic carbocycles. The van der Waals surface area contributed by atoms with Gasteiger partial charge in [0.1, 0.15) is 11.5 Å². The fraction of sp³-hybridized carbons (Fsp3) is 0.250. The Kier molecular flexibility index (Phi) is 6.26. The van der Waals surface area contributed by atoms with E-state index in [9.17, 15) is 8.78 Å². The second kappa shape index (κ2) is 8.85. The Bertz CT molecular complexity index is 954. The van der Waals surface area contributed by atoms with Gasteiger partial charge < -0.3 is 10.5 Å². The Morgan fingerprint density at radius 2 is 2.25 bits per heavy atom.